The number of nitrogens with zero attached hydrogens (tertiary/aromatic N) is 3. The standard InChI is InChI=1S/C12H17N3O3/c16-9-10-2-6-14(7-3-10)11(17)8-15-5-1-4-13-12(15)18/h1,4-5,10,16H,2-3,6-9H2. The Bertz CT molecular complexity index is 464. The van der Waals surface area contributed by atoms with Crippen molar-refractivity contribution in [1.29, 1.82) is 0 Å². The third-order valence-electron chi connectivity index (χ3n) is 3.31. The number of piperidine rings is 1. The second kappa shape index (κ2) is 5.77. The van der Waals surface area contributed by atoms with E-state index in [1.807, 2.05) is 0 Å². The number of aromatic nitrogens is 2. The van der Waals surface area contributed by atoms with Crippen LogP contribution in [0.1, 0.15) is 12.8 Å². The molecule has 6 nitrogen and oxygen atoms in total. The third-order valence-corrected chi connectivity index (χ3v) is 3.31. The number of carbonyl (C=O) groups is 1. The van der Waals surface area contributed by atoms with Gasteiger partial charge in [0.05, 0.1) is 0 Å². The zero-order valence-electron chi connectivity index (χ0n) is 10.2. The van der Waals surface area contributed by atoms with Gasteiger partial charge in [-0.05, 0) is 24.8 Å². The van der Waals surface area contributed by atoms with Crippen molar-refractivity contribution in [1.82, 2.24) is 14.5 Å². The lowest BCUT2D eigenvalue weighted by Gasteiger charge is -2.31. The van der Waals surface area contributed by atoms with Crippen molar-refractivity contribution in [2.75, 3.05) is 19.7 Å². The van der Waals surface area contributed by atoms with E-state index < -0.39 is 5.69 Å². The number of hydrogen-bond donors (Lipinski definition) is 1. The van der Waals surface area contributed by atoms with Crippen molar-refractivity contribution >= 4 is 5.91 Å². The minimum absolute atomic E-state index is 0.0382. The van der Waals surface area contributed by atoms with Crippen LogP contribution < -0.4 is 5.69 Å². The van der Waals surface area contributed by atoms with Gasteiger partial charge in [0.15, 0.2) is 0 Å². The quantitative estimate of drug-likeness (QED) is 0.784. The first kappa shape index (κ1) is 12.8. The van der Waals surface area contributed by atoms with Crippen molar-refractivity contribution in [3.63, 3.8) is 0 Å². The van der Waals surface area contributed by atoms with E-state index >= 15 is 0 Å². The van der Waals surface area contributed by atoms with Gasteiger partial charge in [0.1, 0.15) is 6.54 Å². The van der Waals surface area contributed by atoms with Crippen molar-refractivity contribution in [2.45, 2.75) is 19.4 Å². The van der Waals surface area contributed by atoms with Crippen molar-refractivity contribution in [3.05, 3.63) is 28.9 Å². The topological polar surface area (TPSA) is 75.4 Å². The predicted octanol–water partition coefficient (Wildman–Crippen LogP) is -0.526. The van der Waals surface area contributed by atoms with Crippen LogP contribution in [0.15, 0.2) is 23.3 Å². The van der Waals surface area contributed by atoms with Gasteiger partial charge in [0.25, 0.3) is 0 Å². The SMILES string of the molecule is O=C(Cn1cccnc1=O)N1CCC(CO)CC1. The Labute approximate surface area is 105 Å². The molecule has 1 amide bonds. The molecule has 0 aliphatic carbocycles. The number of rotatable bonds is 3. The van der Waals surface area contributed by atoms with Crippen LogP contribution in [-0.4, -0.2) is 45.2 Å². The number of carbonyl (C=O) groups excluding carboxylic acids is 1. The second-order valence-electron chi connectivity index (χ2n) is 4.54. The van der Waals surface area contributed by atoms with E-state index in [-0.39, 0.29) is 19.1 Å². The number of aliphatic hydroxyl groups is 1. The lowest BCUT2D eigenvalue weighted by molar-refractivity contribution is -0.133. The van der Waals surface area contributed by atoms with Gasteiger partial charge in [0.2, 0.25) is 5.91 Å². The average Bonchev–Trinajstić information content (AvgIpc) is 2.41. The molecule has 1 aromatic heterocycles. The summed E-state index contributed by atoms with van der Waals surface area (Å²) in [5, 5.41) is 9.03. The third kappa shape index (κ3) is 2.95. The Morgan fingerprint density at radius 1 is 1.44 bits per heavy atom. The summed E-state index contributed by atoms with van der Waals surface area (Å²) in [4.78, 5) is 28.7. The molecule has 0 aromatic carbocycles. The summed E-state index contributed by atoms with van der Waals surface area (Å²) < 4.78 is 1.31. The molecular weight excluding hydrogens is 234 g/mol. The molecule has 1 saturated heterocycles. The van der Waals surface area contributed by atoms with E-state index in [0.29, 0.717) is 19.0 Å². The van der Waals surface area contributed by atoms with Crippen LogP contribution in [0.3, 0.4) is 0 Å². The molecule has 1 aliphatic heterocycles. The van der Waals surface area contributed by atoms with Crippen LogP contribution in [0.25, 0.3) is 0 Å². The van der Waals surface area contributed by atoms with Crippen LogP contribution in [0.2, 0.25) is 0 Å². The van der Waals surface area contributed by atoms with Gasteiger partial charge in [-0.1, -0.05) is 0 Å². The van der Waals surface area contributed by atoms with E-state index in [9.17, 15) is 9.59 Å². The highest BCUT2D eigenvalue weighted by molar-refractivity contribution is 5.76. The second-order valence-corrected chi connectivity index (χ2v) is 4.54. The fourth-order valence-electron chi connectivity index (χ4n) is 2.12. The molecule has 2 heterocycles. The van der Waals surface area contributed by atoms with Crippen LogP contribution in [-0.2, 0) is 11.3 Å². The summed E-state index contributed by atoms with van der Waals surface area (Å²) in [6, 6.07) is 1.63. The van der Waals surface area contributed by atoms with E-state index in [0.717, 1.165) is 12.8 Å². The normalized spacial score (nSPS) is 16.8. The van der Waals surface area contributed by atoms with E-state index in [4.69, 9.17) is 5.11 Å². The van der Waals surface area contributed by atoms with Gasteiger partial charge in [0, 0.05) is 32.1 Å². The molecular formula is C12H17N3O3. The summed E-state index contributed by atoms with van der Waals surface area (Å²) in [6.45, 7) is 1.53. The lowest BCUT2D eigenvalue weighted by Crippen LogP contribution is -2.42. The molecule has 1 aromatic rings. The minimum atomic E-state index is -0.406. The first-order valence-corrected chi connectivity index (χ1v) is 6.11. The van der Waals surface area contributed by atoms with Crippen molar-refractivity contribution < 1.29 is 9.90 Å². The maximum Gasteiger partial charge on any atom is 0.347 e. The van der Waals surface area contributed by atoms with E-state index in [1.54, 1.807) is 17.2 Å². The smallest absolute Gasteiger partial charge is 0.347 e. The van der Waals surface area contributed by atoms with Crippen LogP contribution in [0.5, 0.6) is 0 Å². The number of hydrogen-bond acceptors (Lipinski definition) is 4. The summed E-state index contributed by atoms with van der Waals surface area (Å²) in [6.07, 6.45) is 4.62. The molecule has 98 valence electrons. The summed E-state index contributed by atoms with van der Waals surface area (Å²) in [5.41, 5.74) is -0.406. The molecule has 0 radical (unpaired) electrons. The number of likely N-dealkylation sites (tertiary alicyclic amines) is 1. The van der Waals surface area contributed by atoms with E-state index in [2.05, 4.69) is 4.98 Å². The summed E-state index contributed by atoms with van der Waals surface area (Å²) in [5.74, 6) is 0.233. The first-order chi connectivity index (χ1) is 8.70. The maximum atomic E-state index is 12.0. The summed E-state index contributed by atoms with van der Waals surface area (Å²) in [7, 11) is 0. The number of amides is 1. The highest BCUT2D eigenvalue weighted by atomic mass is 16.3. The average molecular weight is 251 g/mol. The molecule has 0 atom stereocenters. The predicted molar refractivity (Wildman–Crippen MR) is 64.9 cm³/mol. The Morgan fingerprint density at radius 2 is 2.17 bits per heavy atom. The van der Waals surface area contributed by atoms with Crippen molar-refractivity contribution in [2.24, 2.45) is 5.92 Å². The highest BCUT2D eigenvalue weighted by Crippen LogP contribution is 2.16. The molecule has 1 fully saturated rings. The van der Waals surface area contributed by atoms with Crippen molar-refractivity contribution in [3.8, 4) is 0 Å². The van der Waals surface area contributed by atoms with Crippen LogP contribution in [0, 0.1) is 5.92 Å². The van der Waals surface area contributed by atoms with Gasteiger partial charge >= 0.3 is 5.69 Å². The Balaban J connectivity index is 1.93. The molecule has 6 heteroatoms. The molecule has 1 aliphatic rings. The van der Waals surface area contributed by atoms with Crippen LogP contribution >= 0.6 is 0 Å². The molecule has 0 saturated carbocycles. The lowest BCUT2D eigenvalue weighted by atomic mass is 9.98. The van der Waals surface area contributed by atoms with E-state index in [1.165, 1.54) is 10.8 Å². The maximum absolute atomic E-state index is 12.0. The fraction of sp³-hybridized carbons (Fsp3) is 0.583. The molecule has 0 spiro atoms. The molecule has 0 bridgehead atoms. The Kier molecular flexibility index (Phi) is 4.09. The highest BCUT2D eigenvalue weighted by Gasteiger charge is 2.22. The fourth-order valence-corrected chi connectivity index (χ4v) is 2.12. The largest absolute Gasteiger partial charge is 0.396 e. The van der Waals surface area contributed by atoms with Gasteiger partial charge in [-0.2, -0.15) is 0 Å². The van der Waals surface area contributed by atoms with Gasteiger partial charge in [-0.3, -0.25) is 9.36 Å². The Hall–Kier alpha value is -1.69. The Morgan fingerprint density at radius 3 is 2.78 bits per heavy atom. The monoisotopic (exact) mass is 251 g/mol. The first-order valence-electron chi connectivity index (χ1n) is 6.11. The zero-order chi connectivity index (χ0) is 13.0. The zero-order valence-corrected chi connectivity index (χ0v) is 10.2. The summed E-state index contributed by atoms with van der Waals surface area (Å²) >= 11 is 0. The molecule has 0 unspecified atom stereocenters. The molecule has 1 N–H and O–H groups in total. The number of aliphatic hydroxyl groups excluding tert-OH is 1. The van der Waals surface area contributed by atoms with Gasteiger partial charge in [-0.15, -0.1) is 0 Å². The van der Waals surface area contributed by atoms with Crippen LogP contribution in [0.4, 0.5) is 0 Å². The molecule has 2 rings (SSSR count). The molecule has 18 heavy (non-hydrogen) atoms. The minimum Gasteiger partial charge on any atom is -0.396 e. The van der Waals surface area contributed by atoms with Gasteiger partial charge in [-0.25, -0.2) is 9.78 Å². The van der Waals surface area contributed by atoms with Gasteiger partial charge < -0.3 is 10.0 Å².